The number of hydrogen-bond donors (Lipinski definition) is 1. The van der Waals surface area contributed by atoms with Gasteiger partial charge < -0.3 is 15.2 Å². The molecule has 0 amide bonds. The average Bonchev–Trinajstić information content (AvgIpc) is 2.48. The van der Waals surface area contributed by atoms with Gasteiger partial charge in [0.15, 0.2) is 11.5 Å². The van der Waals surface area contributed by atoms with Crippen molar-refractivity contribution >= 4 is 0 Å². The Bertz CT molecular complexity index is 554. The molecule has 3 nitrogen and oxygen atoms in total. The van der Waals surface area contributed by atoms with Gasteiger partial charge in [-0.2, -0.15) is 0 Å². The van der Waals surface area contributed by atoms with E-state index in [9.17, 15) is 0 Å². The Morgan fingerprint density at radius 2 is 1.68 bits per heavy atom. The van der Waals surface area contributed by atoms with Gasteiger partial charge >= 0.3 is 0 Å². The Hall–Kier alpha value is -2.00. The van der Waals surface area contributed by atoms with E-state index in [1.54, 1.807) is 0 Å². The molecule has 98 valence electrons. The minimum Gasteiger partial charge on any atom is -0.486 e. The summed E-state index contributed by atoms with van der Waals surface area (Å²) in [6.07, 6.45) is 0.931. The van der Waals surface area contributed by atoms with E-state index in [-0.39, 0.29) is 6.04 Å². The molecule has 3 N–H and O–H groups in total. The molecule has 19 heavy (non-hydrogen) atoms. The lowest BCUT2D eigenvalue weighted by atomic mass is 9.99. The van der Waals surface area contributed by atoms with Crippen molar-refractivity contribution in [2.75, 3.05) is 13.2 Å². The summed E-state index contributed by atoms with van der Waals surface area (Å²) in [4.78, 5) is 0. The van der Waals surface area contributed by atoms with E-state index >= 15 is 0 Å². The number of benzene rings is 2. The van der Waals surface area contributed by atoms with Crippen molar-refractivity contribution in [1.29, 1.82) is 0 Å². The summed E-state index contributed by atoms with van der Waals surface area (Å²) in [6, 6.07) is 16.8. The van der Waals surface area contributed by atoms with Gasteiger partial charge in [-0.15, -0.1) is 0 Å². The van der Waals surface area contributed by atoms with E-state index in [1.165, 1.54) is 11.1 Å². The maximum atomic E-state index is 5.61. The van der Waals surface area contributed by atoms with E-state index < -0.39 is 0 Å². The fourth-order valence-corrected chi connectivity index (χ4v) is 2.33. The van der Waals surface area contributed by atoms with E-state index in [1.807, 2.05) is 12.1 Å². The first-order chi connectivity index (χ1) is 9.33. The molecule has 0 radical (unpaired) electrons. The monoisotopic (exact) mass is 256 g/mol. The molecule has 0 bridgehead atoms. The van der Waals surface area contributed by atoms with E-state index in [0.29, 0.717) is 13.2 Å². The lowest BCUT2D eigenvalue weighted by Crippen LogP contribution is -2.54. The van der Waals surface area contributed by atoms with Crippen LogP contribution in [0.2, 0.25) is 0 Å². The molecular formula is C16H18NO2+. The van der Waals surface area contributed by atoms with Crippen LogP contribution in [0.15, 0.2) is 48.5 Å². The Morgan fingerprint density at radius 1 is 0.947 bits per heavy atom. The van der Waals surface area contributed by atoms with Crippen molar-refractivity contribution in [3.8, 4) is 11.5 Å². The molecule has 0 saturated heterocycles. The molecule has 0 aliphatic carbocycles. The van der Waals surface area contributed by atoms with Gasteiger partial charge in [-0.1, -0.05) is 30.3 Å². The van der Waals surface area contributed by atoms with E-state index in [2.05, 4.69) is 42.1 Å². The van der Waals surface area contributed by atoms with Crippen LogP contribution < -0.4 is 15.2 Å². The van der Waals surface area contributed by atoms with Gasteiger partial charge in [0.1, 0.15) is 19.3 Å². The van der Waals surface area contributed by atoms with Crippen molar-refractivity contribution < 1.29 is 15.2 Å². The van der Waals surface area contributed by atoms with E-state index in [4.69, 9.17) is 9.47 Å². The quantitative estimate of drug-likeness (QED) is 0.912. The third kappa shape index (κ3) is 2.71. The van der Waals surface area contributed by atoms with Crippen LogP contribution in [0.5, 0.6) is 11.5 Å². The van der Waals surface area contributed by atoms with Crippen LogP contribution in [0.1, 0.15) is 17.2 Å². The minimum absolute atomic E-state index is 0.221. The molecule has 1 atom stereocenters. The highest BCUT2D eigenvalue weighted by molar-refractivity contribution is 5.44. The molecule has 3 rings (SSSR count). The van der Waals surface area contributed by atoms with Crippen LogP contribution in [-0.4, -0.2) is 13.2 Å². The molecule has 2 aromatic carbocycles. The standard InChI is InChI=1S/C16H17NO2/c17-14(10-12-4-2-1-3-5-12)13-6-7-15-16(11-13)19-9-8-18-15/h1-7,11,14H,8-10,17H2/p+1/t14-/m1/s1. The van der Waals surface area contributed by atoms with Gasteiger partial charge in [-0.05, 0) is 23.8 Å². The van der Waals surface area contributed by atoms with Crippen LogP contribution in [0.4, 0.5) is 0 Å². The second-order valence-corrected chi connectivity index (χ2v) is 4.79. The first-order valence-corrected chi connectivity index (χ1v) is 6.59. The fourth-order valence-electron chi connectivity index (χ4n) is 2.33. The molecule has 1 aliphatic rings. The summed E-state index contributed by atoms with van der Waals surface area (Å²) < 4.78 is 11.1. The van der Waals surface area contributed by atoms with Gasteiger partial charge in [-0.25, -0.2) is 0 Å². The smallest absolute Gasteiger partial charge is 0.161 e. The predicted octanol–water partition coefficient (Wildman–Crippen LogP) is 1.98. The molecule has 1 heterocycles. The highest BCUT2D eigenvalue weighted by atomic mass is 16.6. The first kappa shape index (κ1) is 12.1. The lowest BCUT2D eigenvalue weighted by Gasteiger charge is -2.19. The second kappa shape index (κ2) is 5.33. The van der Waals surface area contributed by atoms with Gasteiger partial charge in [0.25, 0.3) is 0 Å². The number of ether oxygens (including phenoxy) is 2. The summed E-state index contributed by atoms with van der Waals surface area (Å²) >= 11 is 0. The Morgan fingerprint density at radius 3 is 2.47 bits per heavy atom. The average molecular weight is 256 g/mol. The van der Waals surface area contributed by atoms with Crippen molar-refractivity contribution in [2.45, 2.75) is 12.5 Å². The third-order valence-electron chi connectivity index (χ3n) is 3.36. The minimum atomic E-state index is 0.221. The zero-order chi connectivity index (χ0) is 13.1. The largest absolute Gasteiger partial charge is 0.486 e. The molecule has 2 aromatic rings. The maximum Gasteiger partial charge on any atom is 0.161 e. The number of rotatable bonds is 3. The van der Waals surface area contributed by atoms with Gasteiger partial charge in [0.2, 0.25) is 0 Å². The van der Waals surface area contributed by atoms with Crippen LogP contribution in [0, 0.1) is 0 Å². The Balaban J connectivity index is 1.78. The van der Waals surface area contributed by atoms with Crippen LogP contribution >= 0.6 is 0 Å². The maximum absolute atomic E-state index is 5.61. The zero-order valence-electron chi connectivity index (χ0n) is 10.8. The molecule has 0 unspecified atom stereocenters. The molecular weight excluding hydrogens is 238 g/mol. The Kier molecular flexibility index (Phi) is 3.38. The molecule has 0 aromatic heterocycles. The van der Waals surface area contributed by atoms with Crippen molar-refractivity contribution in [2.24, 2.45) is 0 Å². The highest BCUT2D eigenvalue weighted by Gasteiger charge is 2.16. The fraction of sp³-hybridized carbons (Fsp3) is 0.250. The number of fused-ring (bicyclic) bond motifs is 1. The second-order valence-electron chi connectivity index (χ2n) is 4.79. The molecule has 0 fully saturated rings. The predicted molar refractivity (Wildman–Crippen MR) is 73.2 cm³/mol. The normalized spacial score (nSPS) is 15.0. The van der Waals surface area contributed by atoms with Gasteiger partial charge in [-0.3, -0.25) is 0 Å². The summed E-state index contributed by atoms with van der Waals surface area (Å²) in [5.74, 6) is 1.67. The van der Waals surface area contributed by atoms with Crippen molar-refractivity contribution in [1.82, 2.24) is 0 Å². The van der Waals surface area contributed by atoms with Crippen LogP contribution in [-0.2, 0) is 6.42 Å². The molecule has 1 aliphatic heterocycles. The van der Waals surface area contributed by atoms with Gasteiger partial charge in [0, 0.05) is 12.0 Å². The van der Waals surface area contributed by atoms with Gasteiger partial charge in [0.05, 0.1) is 0 Å². The summed E-state index contributed by atoms with van der Waals surface area (Å²) in [5.41, 5.74) is 6.75. The molecule has 3 heteroatoms. The SMILES string of the molecule is [NH3+][C@H](Cc1ccccc1)c1ccc2c(c1)OCCO2. The van der Waals surface area contributed by atoms with Crippen LogP contribution in [0.3, 0.4) is 0 Å². The summed E-state index contributed by atoms with van der Waals surface area (Å²) in [5, 5.41) is 0. The Labute approximate surface area is 113 Å². The zero-order valence-corrected chi connectivity index (χ0v) is 10.8. The van der Waals surface area contributed by atoms with E-state index in [0.717, 1.165) is 17.9 Å². The summed E-state index contributed by atoms with van der Waals surface area (Å²) in [6.45, 7) is 1.25. The topological polar surface area (TPSA) is 46.1 Å². The highest BCUT2D eigenvalue weighted by Crippen LogP contribution is 2.32. The number of quaternary nitrogens is 1. The summed E-state index contributed by atoms with van der Waals surface area (Å²) in [7, 11) is 0. The number of hydrogen-bond acceptors (Lipinski definition) is 2. The molecule has 0 saturated carbocycles. The first-order valence-electron chi connectivity index (χ1n) is 6.59. The van der Waals surface area contributed by atoms with Crippen LogP contribution in [0.25, 0.3) is 0 Å². The van der Waals surface area contributed by atoms with Crippen molar-refractivity contribution in [3.05, 3.63) is 59.7 Å². The third-order valence-corrected chi connectivity index (χ3v) is 3.36. The molecule has 0 spiro atoms. The lowest BCUT2D eigenvalue weighted by molar-refractivity contribution is -0.426. The van der Waals surface area contributed by atoms with Crippen molar-refractivity contribution in [3.63, 3.8) is 0 Å².